The lowest BCUT2D eigenvalue weighted by atomic mass is 10.1. The quantitative estimate of drug-likeness (QED) is 0.311. The number of Topliss-reactive ketones (excluding diaryl/α,β-unsaturated/α-hetero) is 1. The molecule has 158 valence electrons. The Bertz CT molecular complexity index is 1180. The molecule has 0 atom stereocenters. The number of ketones is 1. The van der Waals surface area contributed by atoms with E-state index in [1.165, 1.54) is 6.08 Å². The monoisotopic (exact) mass is 417 g/mol. The van der Waals surface area contributed by atoms with Crippen LogP contribution >= 0.6 is 0 Å². The number of esters is 1. The number of anilines is 1. The number of rotatable bonds is 6. The van der Waals surface area contributed by atoms with Crippen LogP contribution in [0.2, 0.25) is 0 Å². The summed E-state index contributed by atoms with van der Waals surface area (Å²) < 4.78 is 7.35. The first-order valence-electron chi connectivity index (χ1n) is 10.2. The third kappa shape index (κ3) is 3.89. The van der Waals surface area contributed by atoms with Crippen molar-refractivity contribution >= 4 is 29.4 Å². The molecule has 2 aliphatic rings. The van der Waals surface area contributed by atoms with Crippen LogP contribution in [0.15, 0.2) is 29.8 Å². The van der Waals surface area contributed by atoms with Crippen LogP contribution in [0.4, 0.5) is 5.69 Å². The zero-order chi connectivity index (χ0) is 22.3. The second-order valence-electron chi connectivity index (χ2n) is 8.07. The molecule has 0 spiro atoms. The third-order valence-corrected chi connectivity index (χ3v) is 5.89. The van der Waals surface area contributed by atoms with E-state index < -0.39 is 12.6 Å². The molecule has 1 amide bonds. The number of nitriles is 1. The molecule has 4 rings (SSSR count). The molecule has 7 heteroatoms. The van der Waals surface area contributed by atoms with Crippen LogP contribution in [-0.4, -0.2) is 35.9 Å². The Balaban J connectivity index is 1.44. The topological polar surface area (TPSA) is 92.4 Å². The SMILES string of the molecule is Cc1cc(/C=C(\C#N)C(=O)OCC(=O)c2ccc3c(c2)CC(=O)N3C)c(C)n1C1CC1. The number of nitrogens with zero attached hydrogens (tertiary/aromatic N) is 3. The van der Waals surface area contributed by atoms with Crippen LogP contribution in [-0.2, 0) is 20.7 Å². The molecular weight excluding hydrogens is 394 g/mol. The zero-order valence-electron chi connectivity index (χ0n) is 17.8. The first kappa shape index (κ1) is 20.6. The molecular formula is C24H23N3O4. The zero-order valence-corrected chi connectivity index (χ0v) is 17.8. The molecule has 1 fully saturated rings. The molecule has 2 aromatic rings. The van der Waals surface area contributed by atoms with Crippen molar-refractivity contribution in [2.75, 3.05) is 18.6 Å². The van der Waals surface area contributed by atoms with Gasteiger partial charge in [-0.3, -0.25) is 9.59 Å². The van der Waals surface area contributed by atoms with Gasteiger partial charge in [0, 0.05) is 35.7 Å². The molecule has 1 saturated carbocycles. The van der Waals surface area contributed by atoms with Gasteiger partial charge in [0.1, 0.15) is 11.6 Å². The number of hydrogen-bond donors (Lipinski definition) is 0. The summed E-state index contributed by atoms with van der Waals surface area (Å²) in [6, 6.07) is 9.31. The highest BCUT2D eigenvalue weighted by atomic mass is 16.5. The predicted molar refractivity (Wildman–Crippen MR) is 115 cm³/mol. The van der Waals surface area contributed by atoms with E-state index in [1.807, 2.05) is 26.0 Å². The van der Waals surface area contributed by atoms with E-state index in [0.29, 0.717) is 11.6 Å². The Hall–Kier alpha value is -3.66. The highest BCUT2D eigenvalue weighted by molar-refractivity contribution is 6.05. The highest BCUT2D eigenvalue weighted by Crippen LogP contribution is 2.38. The summed E-state index contributed by atoms with van der Waals surface area (Å²) in [7, 11) is 1.69. The maximum Gasteiger partial charge on any atom is 0.349 e. The van der Waals surface area contributed by atoms with Gasteiger partial charge in [-0.05, 0) is 68.2 Å². The van der Waals surface area contributed by atoms with Crippen molar-refractivity contribution in [2.24, 2.45) is 0 Å². The fourth-order valence-corrected chi connectivity index (χ4v) is 4.07. The Kier molecular flexibility index (Phi) is 5.24. The molecule has 1 aliphatic heterocycles. The maximum atomic E-state index is 12.5. The fourth-order valence-electron chi connectivity index (χ4n) is 4.07. The summed E-state index contributed by atoms with van der Waals surface area (Å²) in [5, 5.41) is 9.44. The summed E-state index contributed by atoms with van der Waals surface area (Å²) in [5.41, 5.74) is 4.67. The van der Waals surface area contributed by atoms with Crippen LogP contribution in [0.1, 0.15) is 51.8 Å². The van der Waals surface area contributed by atoms with Gasteiger partial charge in [0.25, 0.3) is 0 Å². The second-order valence-corrected chi connectivity index (χ2v) is 8.07. The van der Waals surface area contributed by atoms with E-state index in [1.54, 1.807) is 30.1 Å². The van der Waals surface area contributed by atoms with Gasteiger partial charge in [-0.25, -0.2) is 4.79 Å². The van der Waals surface area contributed by atoms with E-state index >= 15 is 0 Å². The molecule has 1 aromatic carbocycles. The number of ether oxygens (including phenoxy) is 1. The Labute approximate surface area is 180 Å². The second kappa shape index (κ2) is 7.88. The molecule has 0 N–H and O–H groups in total. The Morgan fingerprint density at radius 3 is 2.68 bits per heavy atom. The summed E-state index contributed by atoms with van der Waals surface area (Å²) in [6.45, 7) is 3.51. The lowest BCUT2D eigenvalue weighted by Gasteiger charge is -2.10. The number of benzene rings is 1. The molecule has 0 unspecified atom stereocenters. The average molecular weight is 417 g/mol. The lowest BCUT2D eigenvalue weighted by Crippen LogP contribution is -2.20. The first-order valence-corrected chi connectivity index (χ1v) is 10.2. The van der Waals surface area contributed by atoms with Crippen LogP contribution < -0.4 is 4.90 Å². The smallest absolute Gasteiger partial charge is 0.349 e. The van der Waals surface area contributed by atoms with Crippen LogP contribution in [0.5, 0.6) is 0 Å². The van der Waals surface area contributed by atoms with E-state index in [-0.39, 0.29) is 23.7 Å². The van der Waals surface area contributed by atoms with Crippen molar-refractivity contribution in [2.45, 2.75) is 39.2 Å². The number of fused-ring (bicyclic) bond motifs is 1. The average Bonchev–Trinajstić information content (AvgIpc) is 3.48. The van der Waals surface area contributed by atoms with Crippen LogP contribution in [0, 0.1) is 25.2 Å². The molecule has 0 saturated heterocycles. The standard InChI is InChI=1S/C24H23N3O4/c1-14-8-17(15(2)27(14)20-5-6-20)10-19(12-25)24(30)31-13-22(28)16-4-7-21-18(9-16)11-23(29)26(21)3/h4,7-10,20H,5-6,11,13H2,1-3H3/b19-10+. The van der Waals surface area contributed by atoms with Gasteiger partial charge in [0.05, 0.1) is 6.42 Å². The van der Waals surface area contributed by atoms with Gasteiger partial charge >= 0.3 is 5.97 Å². The van der Waals surface area contributed by atoms with E-state index in [4.69, 9.17) is 4.74 Å². The van der Waals surface area contributed by atoms with E-state index in [2.05, 4.69) is 4.57 Å². The van der Waals surface area contributed by atoms with Gasteiger partial charge in [-0.15, -0.1) is 0 Å². The number of aromatic nitrogens is 1. The summed E-state index contributed by atoms with van der Waals surface area (Å²) in [6.07, 6.45) is 4.04. The molecule has 1 aromatic heterocycles. The van der Waals surface area contributed by atoms with Crippen molar-refractivity contribution in [3.05, 3.63) is 57.9 Å². The van der Waals surface area contributed by atoms with Crippen molar-refractivity contribution in [3.63, 3.8) is 0 Å². The first-order chi connectivity index (χ1) is 14.8. The number of carbonyl (C=O) groups is 3. The minimum absolute atomic E-state index is 0.0316. The summed E-state index contributed by atoms with van der Waals surface area (Å²) >= 11 is 0. The Morgan fingerprint density at radius 1 is 1.26 bits per heavy atom. The number of aryl methyl sites for hydroxylation is 1. The number of likely N-dealkylation sites (N-methyl/N-ethyl adjacent to an activating group) is 1. The largest absolute Gasteiger partial charge is 0.453 e. The van der Waals surface area contributed by atoms with Crippen molar-refractivity contribution in [1.82, 2.24) is 4.57 Å². The molecule has 2 heterocycles. The summed E-state index contributed by atoms with van der Waals surface area (Å²) in [5.74, 6) is -1.25. The predicted octanol–water partition coefficient (Wildman–Crippen LogP) is 3.29. The number of hydrogen-bond acceptors (Lipinski definition) is 5. The molecule has 0 radical (unpaired) electrons. The van der Waals surface area contributed by atoms with Gasteiger partial charge in [-0.1, -0.05) is 0 Å². The normalized spacial score (nSPS) is 15.6. The van der Waals surface area contributed by atoms with Crippen LogP contribution in [0.25, 0.3) is 6.08 Å². The maximum absolute atomic E-state index is 12.5. The summed E-state index contributed by atoms with van der Waals surface area (Å²) in [4.78, 5) is 38.3. The van der Waals surface area contributed by atoms with E-state index in [9.17, 15) is 19.6 Å². The molecule has 1 aliphatic carbocycles. The lowest BCUT2D eigenvalue weighted by molar-refractivity contribution is -0.137. The molecule has 7 nitrogen and oxygen atoms in total. The third-order valence-electron chi connectivity index (χ3n) is 5.89. The van der Waals surface area contributed by atoms with Crippen molar-refractivity contribution < 1.29 is 19.1 Å². The van der Waals surface area contributed by atoms with Crippen molar-refractivity contribution in [3.8, 4) is 6.07 Å². The minimum Gasteiger partial charge on any atom is -0.453 e. The van der Waals surface area contributed by atoms with E-state index in [0.717, 1.165) is 41.0 Å². The van der Waals surface area contributed by atoms with Gasteiger partial charge in [0.15, 0.2) is 12.4 Å². The van der Waals surface area contributed by atoms with Gasteiger partial charge in [0.2, 0.25) is 5.91 Å². The Morgan fingerprint density at radius 2 is 2.00 bits per heavy atom. The van der Waals surface area contributed by atoms with Gasteiger partial charge in [-0.2, -0.15) is 5.26 Å². The molecule has 0 bridgehead atoms. The van der Waals surface area contributed by atoms with Gasteiger partial charge < -0.3 is 14.2 Å². The fraction of sp³-hybridized carbons (Fsp3) is 0.333. The number of carbonyl (C=O) groups excluding carboxylic acids is 3. The van der Waals surface area contributed by atoms with Crippen molar-refractivity contribution in [1.29, 1.82) is 5.26 Å². The van der Waals surface area contributed by atoms with Crippen LogP contribution in [0.3, 0.4) is 0 Å². The molecule has 31 heavy (non-hydrogen) atoms. The highest BCUT2D eigenvalue weighted by Gasteiger charge is 2.27. The minimum atomic E-state index is -0.830. The number of amides is 1.